The highest BCUT2D eigenvalue weighted by atomic mass is 32.3. The summed E-state index contributed by atoms with van der Waals surface area (Å²) in [5.74, 6) is 0. The van der Waals surface area contributed by atoms with E-state index in [9.17, 15) is 48.0 Å². The smallest absolute Gasteiger partial charge is 0.443 e. The third-order valence-corrected chi connectivity index (χ3v) is 8.37. The first-order valence-electron chi connectivity index (χ1n) is 12.6. The molecular weight excluding hydrogens is 628 g/mol. The molecule has 43 heavy (non-hydrogen) atoms. The number of aromatic nitrogens is 1. The predicted molar refractivity (Wildman–Crippen MR) is 147 cm³/mol. The number of halogens is 6. The predicted octanol–water partition coefficient (Wildman–Crippen LogP) is 6.07. The van der Waals surface area contributed by atoms with Gasteiger partial charge in [-0.3, -0.25) is 0 Å². The summed E-state index contributed by atoms with van der Waals surface area (Å²) in [7, 11) is -13.4. The number of rotatable bonds is 11. The molecule has 2 rings (SSSR count). The van der Waals surface area contributed by atoms with Gasteiger partial charge < -0.3 is 14.2 Å². The minimum Gasteiger partial charge on any atom is -0.443 e. The third kappa shape index (κ3) is 12.1. The van der Waals surface area contributed by atoms with Crippen molar-refractivity contribution in [1.82, 2.24) is 5.32 Å². The zero-order valence-electron chi connectivity index (χ0n) is 23.8. The van der Waals surface area contributed by atoms with Crippen LogP contribution in [0.25, 0.3) is 9.70 Å². The second-order valence-corrected chi connectivity index (χ2v) is 13.1. The Morgan fingerprint density at radius 1 is 0.977 bits per heavy atom. The van der Waals surface area contributed by atoms with Crippen LogP contribution in [-0.4, -0.2) is 40.6 Å². The fourth-order valence-corrected chi connectivity index (χ4v) is 4.89. The lowest BCUT2D eigenvalue weighted by Crippen LogP contribution is -2.43. The number of unbranched alkanes of at least 4 members (excludes halogenated alkanes) is 1. The standard InChI is InChI=1S/C24H32N2O2.C2F6NO4S2/c1-6-7-9-20-12-14-26(15-13-20)16-17-28-23(27)25-24(4,5)22-11-8-10-21(18-22)19(2)3;3-1(4,5)14(10,11)9-15(12,13)2(6,7)8/h8,10-15,18H,2,6-7,9,16-17H2,1,3-5H3;/q;-1/p+1. The number of nitrogens with one attached hydrogen (secondary N) is 1. The van der Waals surface area contributed by atoms with Crippen molar-refractivity contribution >= 4 is 31.7 Å². The molecule has 0 radical (unpaired) electrons. The summed E-state index contributed by atoms with van der Waals surface area (Å²) in [5.41, 5.74) is -8.51. The van der Waals surface area contributed by atoms with Crippen LogP contribution in [0.2, 0.25) is 0 Å². The number of allylic oxidation sites excluding steroid dienone is 1. The number of alkyl carbamates (subject to hydrolysis) is 1. The highest BCUT2D eigenvalue weighted by Crippen LogP contribution is 2.36. The minimum absolute atomic E-state index is 0.326. The fraction of sp³-hybridized carbons (Fsp3) is 0.462. The molecule has 0 aliphatic heterocycles. The molecule has 1 N–H and O–H groups in total. The van der Waals surface area contributed by atoms with Crippen molar-refractivity contribution in [1.29, 1.82) is 0 Å². The van der Waals surface area contributed by atoms with Crippen molar-refractivity contribution in [2.45, 2.75) is 70.1 Å². The molecular formula is C26H33F6N3O6S2. The van der Waals surface area contributed by atoms with Crippen LogP contribution < -0.4 is 9.88 Å². The summed E-state index contributed by atoms with van der Waals surface area (Å²) < 4.78 is 117. The average molecular weight is 662 g/mol. The van der Waals surface area contributed by atoms with Crippen molar-refractivity contribution in [2.75, 3.05) is 6.61 Å². The molecule has 0 spiro atoms. The molecule has 0 atom stereocenters. The normalized spacial score (nSPS) is 12.6. The number of hydrogen-bond donors (Lipinski definition) is 1. The van der Waals surface area contributed by atoms with Gasteiger partial charge in [-0.2, -0.15) is 26.3 Å². The molecule has 1 heterocycles. The molecule has 0 unspecified atom stereocenters. The molecule has 0 saturated heterocycles. The summed E-state index contributed by atoms with van der Waals surface area (Å²) in [5, 5.41) is 2.96. The summed E-state index contributed by atoms with van der Waals surface area (Å²) >= 11 is 0. The Hall–Kier alpha value is -3.18. The van der Waals surface area contributed by atoms with Crippen LogP contribution in [0.4, 0.5) is 31.1 Å². The number of carbonyl (C=O) groups is 1. The second kappa shape index (κ2) is 15.0. The second-order valence-electron chi connectivity index (χ2n) is 9.71. The number of benzene rings is 1. The lowest BCUT2D eigenvalue weighted by atomic mass is 9.92. The fourth-order valence-electron chi connectivity index (χ4n) is 3.18. The monoisotopic (exact) mass is 661 g/mol. The van der Waals surface area contributed by atoms with Crippen LogP contribution in [-0.2, 0) is 43.3 Å². The molecule has 1 aromatic carbocycles. The number of carbonyl (C=O) groups excluding carboxylic acids is 1. The maximum atomic E-state index is 12.3. The Morgan fingerprint density at radius 2 is 1.51 bits per heavy atom. The zero-order valence-corrected chi connectivity index (χ0v) is 25.4. The van der Waals surface area contributed by atoms with E-state index in [0.29, 0.717) is 13.2 Å². The molecule has 0 bridgehead atoms. The van der Waals surface area contributed by atoms with Crippen LogP contribution >= 0.6 is 0 Å². The lowest BCUT2D eigenvalue weighted by molar-refractivity contribution is -0.697. The van der Waals surface area contributed by atoms with Gasteiger partial charge in [-0.15, -0.1) is 0 Å². The molecule has 0 aliphatic rings. The number of alkyl halides is 6. The molecule has 9 nitrogen and oxygen atoms in total. The highest BCUT2D eigenvalue weighted by Gasteiger charge is 2.47. The van der Waals surface area contributed by atoms with E-state index < -0.39 is 42.7 Å². The summed E-state index contributed by atoms with van der Waals surface area (Å²) in [4.78, 5) is 12.3. The van der Waals surface area contributed by atoms with E-state index in [1.165, 1.54) is 18.4 Å². The lowest BCUT2D eigenvalue weighted by Gasteiger charge is -2.27. The largest absolute Gasteiger partial charge is 0.480 e. The van der Waals surface area contributed by atoms with Crippen molar-refractivity contribution in [2.24, 2.45) is 0 Å². The first-order chi connectivity index (χ1) is 19.5. The van der Waals surface area contributed by atoms with Crippen LogP contribution in [0.1, 0.15) is 57.2 Å². The highest BCUT2D eigenvalue weighted by molar-refractivity contribution is 8.13. The number of aryl methyl sites for hydroxylation is 1. The Balaban J connectivity index is 0.000000523. The summed E-state index contributed by atoms with van der Waals surface area (Å²) in [6.45, 7) is 13.1. The van der Waals surface area contributed by atoms with Crippen LogP contribution in [0.3, 0.4) is 0 Å². The molecule has 242 valence electrons. The van der Waals surface area contributed by atoms with E-state index in [4.69, 9.17) is 4.74 Å². The van der Waals surface area contributed by atoms with E-state index >= 15 is 0 Å². The zero-order chi connectivity index (χ0) is 33.3. The van der Waals surface area contributed by atoms with Gasteiger partial charge in [-0.05, 0) is 56.4 Å². The van der Waals surface area contributed by atoms with Gasteiger partial charge in [-0.25, -0.2) is 26.2 Å². The number of hydrogen-bond acceptors (Lipinski definition) is 6. The number of amides is 1. The van der Waals surface area contributed by atoms with Gasteiger partial charge in [0.25, 0.3) is 0 Å². The topological polar surface area (TPSA) is 125 Å². The number of pyridine rings is 1. The van der Waals surface area contributed by atoms with Gasteiger partial charge in [0.05, 0.1) is 5.54 Å². The molecule has 0 aliphatic carbocycles. The number of nitrogens with zero attached hydrogens (tertiary/aromatic N) is 2. The Bertz CT molecular complexity index is 1420. The summed E-state index contributed by atoms with van der Waals surface area (Å²) in [6, 6.07) is 12.3. The van der Waals surface area contributed by atoms with Gasteiger partial charge in [-0.1, -0.05) is 43.7 Å². The molecule has 2 aromatic rings. The quantitative estimate of drug-likeness (QED) is 0.230. The molecule has 1 amide bonds. The van der Waals surface area contributed by atoms with Crippen molar-refractivity contribution in [3.8, 4) is 0 Å². The average Bonchev–Trinajstić information content (AvgIpc) is 2.86. The number of sulfonamides is 2. The Labute approximate surface area is 247 Å². The van der Waals surface area contributed by atoms with Crippen molar-refractivity contribution in [3.63, 3.8) is 0 Å². The minimum atomic E-state index is -6.72. The van der Waals surface area contributed by atoms with Crippen LogP contribution in [0, 0.1) is 0 Å². The third-order valence-electron chi connectivity index (χ3n) is 5.63. The van der Waals surface area contributed by atoms with E-state index in [1.54, 1.807) is 0 Å². The van der Waals surface area contributed by atoms with Crippen LogP contribution in [0.15, 0.2) is 55.4 Å². The van der Waals surface area contributed by atoms with E-state index in [1.807, 2.05) is 55.9 Å². The SMILES string of the molecule is C=C(C)c1cccc(C(C)(C)NC(=O)OCC[n+]2ccc(CCCC)cc2)c1.O=S(=O)([N-]S(=O)(=O)C(F)(F)F)C(F)(F)F. The van der Waals surface area contributed by atoms with Crippen LogP contribution in [0.5, 0.6) is 0 Å². The van der Waals surface area contributed by atoms with Gasteiger partial charge in [0.1, 0.15) is 0 Å². The van der Waals surface area contributed by atoms with Gasteiger partial charge >= 0.3 is 17.1 Å². The van der Waals surface area contributed by atoms with E-state index in [0.717, 1.165) is 27.2 Å². The maximum absolute atomic E-state index is 12.3. The number of ether oxygens (including phenoxy) is 1. The van der Waals surface area contributed by atoms with Crippen molar-refractivity contribution < 1.29 is 57.3 Å². The molecule has 17 heteroatoms. The first-order valence-corrected chi connectivity index (χ1v) is 15.5. The van der Waals surface area contributed by atoms with Gasteiger partial charge in [0.2, 0.25) is 0 Å². The first kappa shape index (κ1) is 37.8. The van der Waals surface area contributed by atoms with Gasteiger partial charge in [0, 0.05) is 12.1 Å². The molecule has 1 aromatic heterocycles. The maximum Gasteiger partial charge on any atom is 0.480 e. The van der Waals surface area contributed by atoms with Crippen molar-refractivity contribution in [3.05, 3.63) is 76.2 Å². The van der Waals surface area contributed by atoms with E-state index in [-0.39, 0.29) is 0 Å². The Morgan fingerprint density at radius 3 is 1.98 bits per heavy atom. The van der Waals surface area contributed by atoms with E-state index in [2.05, 4.69) is 37.0 Å². The van der Waals surface area contributed by atoms with Gasteiger partial charge in [0.15, 0.2) is 45.6 Å². The molecule has 0 fully saturated rings. The molecule has 0 saturated carbocycles. The summed E-state index contributed by atoms with van der Waals surface area (Å²) in [6.07, 6.45) is 7.19. The Kier molecular flexibility index (Phi) is 13.2.